The normalized spacial score (nSPS) is 14.5. The number of allylic oxidation sites excluding steroid dienone is 10. The van der Waals surface area contributed by atoms with Crippen LogP contribution in [0, 0.1) is 13.8 Å². The fourth-order valence-electron chi connectivity index (χ4n) is 5.91. The molecular weight excluding hydrogens is 769 g/mol. The van der Waals surface area contributed by atoms with Gasteiger partial charge in [0, 0.05) is 32.2 Å². The Morgan fingerprint density at radius 3 is 1.98 bits per heavy atom. The van der Waals surface area contributed by atoms with Crippen LogP contribution in [-0.2, 0) is 45.5 Å². The second kappa shape index (κ2) is 35.4. The highest BCUT2D eigenvalue weighted by molar-refractivity contribution is 7.47. The molecule has 0 saturated carbocycles. The summed E-state index contributed by atoms with van der Waals surface area (Å²) in [6.07, 6.45) is 38.2. The van der Waals surface area contributed by atoms with E-state index in [-0.39, 0.29) is 32.6 Å². The van der Waals surface area contributed by atoms with Gasteiger partial charge in [-0.2, -0.15) is 0 Å². The topological polar surface area (TPSA) is 168 Å². The highest BCUT2D eigenvalue weighted by Gasteiger charge is 2.26. The number of phosphoric ester groups is 1. The molecule has 59 heavy (non-hydrogen) atoms. The third-order valence-electron chi connectivity index (χ3n) is 9.37. The molecule has 0 saturated heterocycles. The van der Waals surface area contributed by atoms with E-state index in [4.69, 9.17) is 28.7 Å². The summed E-state index contributed by atoms with van der Waals surface area (Å²) in [6, 6.07) is 0. The Kier molecular flexibility index (Phi) is 32.3. The minimum Gasteiger partial charge on any atom is -0.466 e. The molecule has 1 heterocycles. The molecule has 1 rings (SSSR count). The van der Waals surface area contributed by atoms with Crippen molar-refractivity contribution in [2.45, 2.75) is 162 Å². The molecule has 4 N–H and O–H groups in total. The van der Waals surface area contributed by atoms with E-state index < -0.39 is 38.6 Å². The molecule has 0 bridgehead atoms. The fourth-order valence-corrected chi connectivity index (χ4v) is 6.67. The Balaban J connectivity index is 2.34. The minimum atomic E-state index is -4.44. The third-order valence-corrected chi connectivity index (χ3v) is 10.4. The second-order valence-corrected chi connectivity index (χ2v) is 16.1. The lowest BCUT2D eigenvalue weighted by Gasteiger charge is -2.19. The predicted molar refractivity (Wildman–Crippen MR) is 238 cm³/mol. The zero-order valence-corrected chi connectivity index (χ0v) is 37.4. The van der Waals surface area contributed by atoms with Gasteiger partial charge in [-0.15, -0.1) is 0 Å². The first-order chi connectivity index (χ1) is 28.5. The number of unbranched alkanes of at least 4 members (excludes halogenated alkanes) is 7. The summed E-state index contributed by atoms with van der Waals surface area (Å²) in [6.45, 7) is 7.59. The Morgan fingerprint density at radius 1 is 0.729 bits per heavy atom. The number of rotatable bonds is 36. The molecule has 1 aromatic rings. The number of aliphatic hydroxyl groups excluding tert-OH is 1. The Morgan fingerprint density at radius 2 is 1.34 bits per heavy atom. The van der Waals surface area contributed by atoms with Crippen molar-refractivity contribution in [3.63, 3.8) is 0 Å². The van der Waals surface area contributed by atoms with Crippen LogP contribution >= 0.6 is 7.82 Å². The first kappa shape index (κ1) is 53.7. The van der Waals surface area contributed by atoms with Crippen molar-refractivity contribution < 1.29 is 47.1 Å². The lowest BCUT2D eigenvalue weighted by Crippen LogP contribution is -2.29. The maximum Gasteiger partial charge on any atom is 0.472 e. The lowest BCUT2D eigenvalue weighted by molar-refractivity contribution is -0.161. The summed E-state index contributed by atoms with van der Waals surface area (Å²) in [5.74, 6) is 1.23. The number of hydrogen-bond donors (Lipinski definition) is 3. The van der Waals surface area contributed by atoms with Gasteiger partial charge in [0.05, 0.1) is 19.3 Å². The number of carbonyl (C=O) groups excluding carboxylic acids is 2. The first-order valence-electron chi connectivity index (χ1n) is 21.9. The third kappa shape index (κ3) is 29.5. The van der Waals surface area contributed by atoms with Crippen LogP contribution in [0.2, 0.25) is 0 Å². The SMILES string of the molecule is CC/C=C\C/C=C\C/C=C\C/C=C\C=C/C(O)C/C=C\CCC(=O)OC[C@H](COP(=O)(O)OCCN)OC(=O)CCCCCCCCCCc1oc(CCC)c(C)c1C. The van der Waals surface area contributed by atoms with Crippen molar-refractivity contribution in [2.24, 2.45) is 5.73 Å². The molecular formula is C47H76NO10P. The summed E-state index contributed by atoms with van der Waals surface area (Å²) in [7, 11) is -4.44. The number of carbonyl (C=O) groups is 2. The van der Waals surface area contributed by atoms with E-state index >= 15 is 0 Å². The molecule has 0 aromatic carbocycles. The van der Waals surface area contributed by atoms with Crippen LogP contribution < -0.4 is 5.73 Å². The molecule has 0 aliphatic rings. The van der Waals surface area contributed by atoms with Gasteiger partial charge in [-0.05, 0) is 82.8 Å². The van der Waals surface area contributed by atoms with Crippen LogP contribution in [-0.4, -0.2) is 60.5 Å². The summed E-state index contributed by atoms with van der Waals surface area (Å²) in [4.78, 5) is 35.0. The molecule has 11 nitrogen and oxygen atoms in total. The molecule has 1 aromatic heterocycles. The maximum atomic E-state index is 12.6. The van der Waals surface area contributed by atoms with Crippen molar-refractivity contribution in [2.75, 3.05) is 26.4 Å². The number of ether oxygens (including phenoxy) is 2. The zero-order chi connectivity index (χ0) is 43.4. The Labute approximate surface area is 355 Å². The van der Waals surface area contributed by atoms with Gasteiger partial charge in [0.25, 0.3) is 0 Å². The van der Waals surface area contributed by atoms with Crippen molar-refractivity contribution >= 4 is 19.8 Å². The zero-order valence-electron chi connectivity index (χ0n) is 36.5. The van der Waals surface area contributed by atoms with E-state index in [1.165, 1.54) is 11.1 Å². The molecule has 0 aliphatic heterocycles. The van der Waals surface area contributed by atoms with Crippen LogP contribution in [0.4, 0.5) is 0 Å². The summed E-state index contributed by atoms with van der Waals surface area (Å²) < 4.78 is 38.8. The number of aryl methyl sites for hydroxylation is 2. The molecule has 0 radical (unpaired) electrons. The van der Waals surface area contributed by atoms with Gasteiger partial charge >= 0.3 is 19.8 Å². The van der Waals surface area contributed by atoms with Gasteiger partial charge < -0.3 is 29.6 Å². The van der Waals surface area contributed by atoms with E-state index in [0.717, 1.165) is 101 Å². The quantitative estimate of drug-likeness (QED) is 0.0193. The van der Waals surface area contributed by atoms with Gasteiger partial charge in [0.2, 0.25) is 0 Å². The lowest BCUT2D eigenvalue weighted by atomic mass is 10.0. The maximum absolute atomic E-state index is 12.6. The van der Waals surface area contributed by atoms with Crippen molar-refractivity contribution in [3.05, 3.63) is 95.6 Å². The van der Waals surface area contributed by atoms with E-state index in [1.54, 1.807) is 18.2 Å². The summed E-state index contributed by atoms with van der Waals surface area (Å²) in [5.41, 5.74) is 7.94. The molecule has 0 spiro atoms. The van der Waals surface area contributed by atoms with Gasteiger partial charge in [0.15, 0.2) is 6.10 Å². The Bertz CT molecular complexity index is 1490. The van der Waals surface area contributed by atoms with Gasteiger partial charge in [-0.3, -0.25) is 18.6 Å². The number of furan rings is 1. The average Bonchev–Trinajstić information content (AvgIpc) is 3.48. The number of nitrogens with two attached hydrogens (primary N) is 1. The number of aliphatic hydroxyl groups is 1. The first-order valence-corrected chi connectivity index (χ1v) is 23.4. The molecule has 0 fully saturated rings. The molecule has 334 valence electrons. The molecule has 0 aliphatic carbocycles. The standard InChI is InChI=1S/C47H76NO10P/c1-5-7-8-9-10-11-12-13-14-15-18-21-25-31-42(49)32-26-24-29-34-46(50)54-38-43(39-56-59(52,53)55-37-36-48)57-47(51)35-28-23-20-17-16-19-22-27-33-45-41(4)40(3)44(58-45)30-6-2/h7-8,10-11,13-14,18,21,24-26,31,42-43,49H,5-6,9,12,15-17,19-20,22-23,27-30,32-39,48H2,1-4H3,(H,52,53)/b8-7-,11-10-,14-13-,21-18-,26-24-,31-25-/t42?,43-/m1/s1. The van der Waals surface area contributed by atoms with Crippen LogP contribution in [0.3, 0.4) is 0 Å². The molecule has 2 unspecified atom stereocenters. The van der Waals surface area contributed by atoms with Crippen LogP contribution in [0.5, 0.6) is 0 Å². The van der Waals surface area contributed by atoms with Crippen molar-refractivity contribution in [3.8, 4) is 0 Å². The second-order valence-electron chi connectivity index (χ2n) is 14.6. The predicted octanol–water partition coefficient (Wildman–Crippen LogP) is 10.9. The van der Waals surface area contributed by atoms with Gasteiger partial charge in [0.1, 0.15) is 18.1 Å². The largest absolute Gasteiger partial charge is 0.472 e. The van der Waals surface area contributed by atoms with E-state index in [9.17, 15) is 24.2 Å². The van der Waals surface area contributed by atoms with Crippen molar-refractivity contribution in [1.29, 1.82) is 0 Å². The van der Waals surface area contributed by atoms with Crippen LogP contribution in [0.1, 0.15) is 146 Å². The highest BCUT2D eigenvalue weighted by Crippen LogP contribution is 2.43. The monoisotopic (exact) mass is 846 g/mol. The molecule has 0 amide bonds. The summed E-state index contributed by atoms with van der Waals surface area (Å²) >= 11 is 0. The Hall–Kier alpha value is -3.31. The highest BCUT2D eigenvalue weighted by atomic mass is 31.2. The number of phosphoric acid groups is 1. The smallest absolute Gasteiger partial charge is 0.466 e. The molecule has 12 heteroatoms. The number of hydrogen-bond acceptors (Lipinski definition) is 10. The van der Waals surface area contributed by atoms with Crippen LogP contribution in [0.15, 0.2) is 77.3 Å². The molecule has 3 atom stereocenters. The van der Waals surface area contributed by atoms with E-state index in [0.29, 0.717) is 19.3 Å². The van der Waals surface area contributed by atoms with E-state index in [1.807, 2.05) is 18.2 Å². The van der Waals surface area contributed by atoms with Gasteiger partial charge in [-0.1, -0.05) is 125 Å². The number of esters is 2. The van der Waals surface area contributed by atoms with Gasteiger partial charge in [-0.25, -0.2) is 4.57 Å². The van der Waals surface area contributed by atoms with Crippen LogP contribution in [0.25, 0.3) is 0 Å². The summed E-state index contributed by atoms with van der Waals surface area (Å²) in [5, 5.41) is 10.2. The van der Waals surface area contributed by atoms with Crippen molar-refractivity contribution in [1.82, 2.24) is 0 Å². The van der Waals surface area contributed by atoms with E-state index in [2.05, 4.69) is 64.2 Å². The fraction of sp³-hybridized carbons (Fsp3) is 0.617. The minimum absolute atomic E-state index is 0.0191. The average molecular weight is 846 g/mol.